The summed E-state index contributed by atoms with van der Waals surface area (Å²) < 4.78 is 8.97. The van der Waals surface area contributed by atoms with Crippen LogP contribution in [0.4, 0.5) is 0 Å². The average Bonchev–Trinajstić information content (AvgIpc) is 2.23. The molecule has 84 valence electrons. The number of ether oxygens (including phenoxy) is 2. The van der Waals surface area contributed by atoms with E-state index in [9.17, 15) is 14.4 Å². The highest BCUT2D eigenvalue weighted by Gasteiger charge is 2.09. The molecule has 0 bridgehead atoms. The number of carbonyl (C=O) groups is 3. The molecule has 0 saturated heterocycles. The summed E-state index contributed by atoms with van der Waals surface area (Å²) in [6.45, 7) is 3.37. The lowest BCUT2D eigenvalue weighted by atomic mass is 10.2. The number of carbonyl (C=O) groups excluding carboxylic acids is 3. The van der Waals surface area contributed by atoms with Gasteiger partial charge in [0.1, 0.15) is 12.2 Å². The van der Waals surface area contributed by atoms with Crippen molar-refractivity contribution in [3.63, 3.8) is 0 Å². The van der Waals surface area contributed by atoms with Gasteiger partial charge in [0.05, 0.1) is 13.7 Å². The Morgan fingerprint density at radius 2 is 2.00 bits per heavy atom. The average molecular weight is 214 g/mol. The van der Waals surface area contributed by atoms with Crippen molar-refractivity contribution in [3.8, 4) is 0 Å². The van der Waals surface area contributed by atoms with Gasteiger partial charge < -0.3 is 9.47 Å². The van der Waals surface area contributed by atoms with Gasteiger partial charge in [-0.2, -0.15) is 0 Å². The first-order valence-corrected chi connectivity index (χ1v) is 4.48. The van der Waals surface area contributed by atoms with E-state index < -0.39 is 11.9 Å². The minimum Gasteiger partial charge on any atom is -0.469 e. The molecule has 0 heterocycles. The van der Waals surface area contributed by atoms with Crippen molar-refractivity contribution in [2.45, 2.75) is 19.3 Å². The Labute approximate surface area is 88.0 Å². The van der Waals surface area contributed by atoms with Crippen LogP contribution >= 0.6 is 0 Å². The fourth-order valence-corrected chi connectivity index (χ4v) is 0.823. The molecule has 0 radical (unpaired) electrons. The zero-order valence-electron chi connectivity index (χ0n) is 8.65. The van der Waals surface area contributed by atoms with Crippen LogP contribution in [-0.4, -0.2) is 31.4 Å². The van der Waals surface area contributed by atoms with E-state index in [2.05, 4.69) is 16.1 Å². The van der Waals surface area contributed by atoms with Crippen LogP contribution in [-0.2, 0) is 23.9 Å². The van der Waals surface area contributed by atoms with Crippen molar-refractivity contribution in [3.05, 3.63) is 12.7 Å². The molecule has 0 spiro atoms. The molecule has 0 saturated carbocycles. The van der Waals surface area contributed by atoms with Crippen molar-refractivity contribution in [1.82, 2.24) is 0 Å². The SMILES string of the molecule is C=CC(=O)OCCCC(=O)CC(=O)OC. The standard InChI is InChI=1S/C10H14O5/c1-3-9(12)15-6-4-5-8(11)7-10(13)14-2/h3H,1,4-7H2,2H3. The van der Waals surface area contributed by atoms with Gasteiger partial charge in [0.25, 0.3) is 0 Å². The molecule has 0 fully saturated rings. The number of hydrogen-bond acceptors (Lipinski definition) is 5. The minimum absolute atomic E-state index is 0.151. The molecule has 0 aromatic carbocycles. The van der Waals surface area contributed by atoms with E-state index in [-0.39, 0.29) is 25.2 Å². The summed E-state index contributed by atoms with van der Waals surface area (Å²) in [5, 5.41) is 0. The second kappa shape index (κ2) is 7.73. The first-order valence-electron chi connectivity index (χ1n) is 4.48. The number of methoxy groups -OCH3 is 1. The molecule has 0 rings (SSSR count). The normalized spacial score (nSPS) is 9.13. The largest absolute Gasteiger partial charge is 0.469 e. The second-order valence-corrected chi connectivity index (χ2v) is 2.77. The maximum absolute atomic E-state index is 11.1. The molecule has 0 aliphatic rings. The number of rotatable bonds is 7. The summed E-state index contributed by atoms with van der Waals surface area (Å²) in [6, 6.07) is 0. The monoisotopic (exact) mass is 214 g/mol. The fourth-order valence-electron chi connectivity index (χ4n) is 0.823. The van der Waals surface area contributed by atoms with Gasteiger partial charge in [0, 0.05) is 12.5 Å². The van der Waals surface area contributed by atoms with E-state index in [0.29, 0.717) is 6.42 Å². The van der Waals surface area contributed by atoms with Gasteiger partial charge in [-0.3, -0.25) is 9.59 Å². The van der Waals surface area contributed by atoms with Crippen LogP contribution < -0.4 is 0 Å². The van der Waals surface area contributed by atoms with Crippen molar-refractivity contribution in [1.29, 1.82) is 0 Å². The van der Waals surface area contributed by atoms with Crippen LogP contribution in [0.5, 0.6) is 0 Å². The number of esters is 2. The van der Waals surface area contributed by atoms with Crippen LogP contribution in [0.3, 0.4) is 0 Å². The zero-order chi connectivity index (χ0) is 11.7. The molecule has 0 aromatic heterocycles. The van der Waals surface area contributed by atoms with Gasteiger partial charge in [-0.05, 0) is 6.42 Å². The molecular formula is C10H14O5. The highest BCUT2D eigenvalue weighted by atomic mass is 16.5. The Bertz CT molecular complexity index is 257. The Balaban J connectivity index is 3.51. The molecule has 5 nitrogen and oxygen atoms in total. The smallest absolute Gasteiger partial charge is 0.330 e. The molecular weight excluding hydrogens is 200 g/mol. The summed E-state index contributed by atoms with van der Waals surface area (Å²) in [5.74, 6) is -1.30. The number of Topliss-reactive ketones (excluding diaryl/α,β-unsaturated/α-hetero) is 1. The van der Waals surface area contributed by atoms with Crippen molar-refractivity contribution >= 4 is 17.7 Å². The summed E-state index contributed by atoms with van der Waals surface area (Å²) in [4.78, 5) is 32.3. The zero-order valence-corrected chi connectivity index (χ0v) is 8.65. The van der Waals surface area contributed by atoms with Crippen LogP contribution in [0.15, 0.2) is 12.7 Å². The van der Waals surface area contributed by atoms with Gasteiger partial charge in [-0.15, -0.1) is 0 Å². The van der Waals surface area contributed by atoms with Crippen LogP contribution in [0, 0.1) is 0 Å². The molecule has 0 unspecified atom stereocenters. The van der Waals surface area contributed by atoms with E-state index in [1.165, 1.54) is 7.11 Å². The maximum atomic E-state index is 11.1. The predicted molar refractivity (Wildman–Crippen MR) is 52.0 cm³/mol. The third-order valence-corrected chi connectivity index (χ3v) is 1.58. The van der Waals surface area contributed by atoms with Crippen molar-refractivity contribution < 1.29 is 23.9 Å². The van der Waals surface area contributed by atoms with Gasteiger partial charge in [-0.1, -0.05) is 6.58 Å². The topological polar surface area (TPSA) is 69.7 Å². The Kier molecular flexibility index (Phi) is 6.88. The van der Waals surface area contributed by atoms with Gasteiger partial charge in [-0.25, -0.2) is 4.79 Å². The fraction of sp³-hybridized carbons (Fsp3) is 0.500. The number of hydrogen-bond donors (Lipinski definition) is 0. The Morgan fingerprint density at radius 1 is 1.33 bits per heavy atom. The first-order chi connectivity index (χ1) is 7.10. The lowest BCUT2D eigenvalue weighted by molar-refractivity contribution is -0.144. The Hall–Kier alpha value is -1.65. The third-order valence-electron chi connectivity index (χ3n) is 1.58. The van der Waals surface area contributed by atoms with Crippen LogP contribution in [0.2, 0.25) is 0 Å². The van der Waals surface area contributed by atoms with E-state index in [1.807, 2.05) is 0 Å². The second-order valence-electron chi connectivity index (χ2n) is 2.77. The molecule has 0 atom stereocenters. The van der Waals surface area contributed by atoms with E-state index in [1.54, 1.807) is 0 Å². The van der Waals surface area contributed by atoms with Crippen molar-refractivity contribution in [2.75, 3.05) is 13.7 Å². The molecule has 0 N–H and O–H groups in total. The van der Waals surface area contributed by atoms with Crippen LogP contribution in [0.1, 0.15) is 19.3 Å². The summed E-state index contributed by atoms with van der Waals surface area (Å²) in [5.41, 5.74) is 0. The van der Waals surface area contributed by atoms with E-state index in [0.717, 1.165) is 6.08 Å². The summed E-state index contributed by atoms with van der Waals surface area (Å²) in [7, 11) is 1.22. The lowest BCUT2D eigenvalue weighted by Gasteiger charge is -2.01. The molecule has 0 aromatic rings. The lowest BCUT2D eigenvalue weighted by Crippen LogP contribution is -2.10. The molecule has 0 aliphatic carbocycles. The predicted octanol–water partition coefficient (Wildman–Crippen LogP) is 0.628. The number of ketones is 1. The Morgan fingerprint density at radius 3 is 2.53 bits per heavy atom. The molecule has 5 heteroatoms. The maximum Gasteiger partial charge on any atom is 0.330 e. The molecule has 15 heavy (non-hydrogen) atoms. The molecule has 0 aliphatic heterocycles. The van der Waals surface area contributed by atoms with Crippen LogP contribution in [0.25, 0.3) is 0 Å². The van der Waals surface area contributed by atoms with E-state index in [4.69, 9.17) is 0 Å². The van der Waals surface area contributed by atoms with E-state index >= 15 is 0 Å². The highest BCUT2D eigenvalue weighted by Crippen LogP contribution is 1.97. The van der Waals surface area contributed by atoms with Gasteiger partial charge >= 0.3 is 11.9 Å². The van der Waals surface area contributed by atoms with Gasteiger partial charge in [0.15, 0.2) is 0 Å². The highest BCUT2D eigenvalue weighted by molar-refractivity contribution is 5.95. The summed E-state index contributed by atoms with van der Waals surface area (Å²) in [6.07, 6.45) is 1.41. The quantitative estimate of drug-likeness (QED) is 0.269. The van der Waals surface area contributed by atoms with Crippen molar-refractivity contribution in [2.24, 2.45) is 0 Å². The summed E-state index contributed by atoms with van der Waals surface area (Å²) >= 11 is 0. The minimum atomic E-state index is -0.553. The third kappa shape index (κ3) is 7.42. The molecule has 0 amide bonds. The first kappa shape index (κ1) is 13.4. The van der Waals surface area contributed by atoms with Gasteiger partial charge in [0.2, 0.25) is 0 Å².